The van der Waals surface area contributed by atoms with Crippen molar-refractivity contribution in [2.75, 3.05) is 38.7 Å². The monoisotopic (exact) mass is 422 g/mol. The summed E-state index contributed by atoms with van der Waals surface area (Å²) < 4.78 is 33.5. The lowest BCUT2D eigenvalue weighted by atomic mass is 9.92. The van der Waals surface area contributed by atoms with Crippen LogP contribution in [-0.2, 0) is 19.6 Å². The molecule has 0 unspecified atom stereocenters. The highest BCUT2D eigenvalue weighted by Gasteiger charge is 2.50. The Labute approximate surface area is 148 Å². The van der Waals surface area contributed by atoms with Gasteiger partial charge in [0.15, 0.2) is 0 Å². The zero-order valence-corrected chi connectivity index (χ0v) is 15.4. The van der Waals surface area contributed by atoms with E-state index in [1.54, 1.807) is 29.2 Å². The Morgan fingerprint density at radius 1 is 1.26 bits per heavy atom. The number of ether oxygens (including phenoxy) is 1. The quantitative estimate of drug-likeness (QED) is 0.687. The van der Waals surface area contributed by atoms with E-state index in [2.05, 4.69) is 15.9 Å². The first kappa shape index (κ1) is 17.2. The Morgan fingerprint density at radius 2 is 1.91 bits per heavy atom. The average Bonchev–Trinajstić information content (AvgIpc) is 2.52. The lowest BCUT2D eigenvalue weighted by Crippen LogP contribution is -2.71. The number of halogens is 2. The highest BCUT2D eigenvalue weighted by molar-refractivity contribution is 9.10. The van der Waals surface area contributed by atoms with Gasteiger partial charge in [-0.05, 0) is 24.3 Å². The summed E-state index contributed by atoms with van der Waals surface area (Å²) in [6, 6.07) is 6.55. The van der Waals surface area contributed by atoms with Gasteiger partial charge in [-0.15, -0.1) is 11.6 Å². The lowest BCUT2D eigenvalue weighted by Gasteiger charge is -2.53. The van der Waals surface area contributed by atoms with Gasteiger partial charge in [-0.3, -0.25) is 4.79 Å². The van der Waals surface area contributed by atoms with Gasteiger partial charge in [0.25, 0.3) is 0 Å². The molecule has 1 aromatic carbocycles. The highest BCUT2D eigenvalue weighted by atomic mass is 79.9. The number of carbonyl (C=O) groups excluding carboxylic acids is 1. The van der Waals surface area contributed by atoms with Crippen molar-refractivity contribution in [2.24, 2.45) is 0 Å². The van der Waals surface area contributed by atoms with Crippen LogP contribution >= 0.6 is 27.5 Å². The lowest BCUT2D eigenvalue weighted by molar-refractivity contribution is -0.181. The number of benzene rings is 1. The molecule has 0 bridgehead atoms. The molecule has 23 heavy (non-hydrogen) atoms. The maximum absolute atomic E-state index is 12.8. The second-order valence-electron chi connectivity index (χ2n) is 5.71. The summed E-state index contributed by atoms with van der Waals surface area (Å²) in [5.74, 6) is -0.231. The van der Waals surface area contributed by atoms with E-state index < -0.39 is 15.6 Å². The van der Waals surface area contributed by atoms with Gasteiger partial charge >= 0.3 is 0 Å². The van der Waals surface area contributed by atoms with Crippen molar-refractivity contribution in [3.05, 3.63) is 28.7 Å². The van der Waals surface area contributed by atoms with E-state index in [1.165, 1.54) is 4.31 Å². The van der Waals surface area contributed by atoms with Gasteiger partial charge in [0.05, 0.1) is 24.6 Å². The van der Waals surface area contributed by atoms with Gasteiger partial charge in [-0.2, -0.15) is 4.31 Å². The Hall–Kier alpha value is -0.670. The molecule has 6 nitrogen and oxygen atoms in total. The number of carbonyl (C=O) groups is 1. The van der Waals surface area contributed by atoms with E-state index in [1.807, 2.05) is 0 Å². The number of amides is 1. The van der Waals surface area contributed by atoms with Gasteiger partial charge in [0.1, 0.15) is 11.5 Å². The Kier molecular flexibility index (Phi) is 4.72. The number of sulfonamides is 1. The van der Waals surface area contributed by atoms with Gasteiger partial charge in [0.2, 0.25) is 15.9 Å². The smallest absolute Gasteiger partial charge is 0.243 e. The molecule has 2 fully saturated rings. The molecule has 2 heterocycles. The molecule has 3 rings (SSSR count). The van der Waals surface area contributed by atoms with Crippen molar-refractivity contribution in [3.63, 3.8) is 0 Å². The molecular weight excluding hydrogens is 408 g/mol. The fraction of sp³-hybridized carbons (Fsp3) is 0.500. The molecule has 2 aliphatic heterocycles. The van der Waals surface area contributed by atoms with Crippen LogP contribution in [0.1, 0.15) is 0 Å². The van der Waals surface area contributed by atoms with E-state index in [4.69, 9.17) is 16.3 Å². The summed E-state index contributed by atoms with van der Waals surface area (Å²) in [7, 11) is -3.57. The molecule has 0 atom stereocenters. The first-order valence-electron chi connectivity index (χ1n) is 7.10. The molecular formula is C14H16BrClN2O4S. The Balaban J connectivity index is 1.74. The maximum atomic E-state index is 12.8. The normalized spacial score (nSPS) is 21.2. The van der Waals surface area contributed by atoms with Gasteiger partial charge < -0.3 is 9.64 Å². The van der Waals surface area contributed by atoms with Crippen molar-refractivity contribution in [3.8, 4) is 0 Å². The fourth-order valence-electron chi connectivity index (χ4n) is 2.87. The van der Waals surface area contributed by atoms with E-state index in [-0.39, 0.29) is 23.2 Å². The molecule has 2 aliphatic rings. The van der Waals surface area contributed by atoms with Crippen molar-refractivity contribution < 1.29 is 17.9 Å². The predicted molar refractivity (Wildman–Crippen MR) is 88.9 cm³/mol. The van der Waals surface area contributed by atoms with Crippen molar-refractivity contribution in [1.29, 1.82) is 0 Å². The molecule has 0 aromatic heterocycles. The summed E-state index contributed by atoms with van der Waals surface area (Å²) in [4.78, 5) is 13.4. The van der Waals surface area contributed by atoms with Crippen molar-refractivity contribution >= 4 is 43.5 Å². The van der Waals surface area contributed by atoms with Gasteiger partial charge in [-0.1, -0.05) is 15.9 Å². The molecule has 1 spiro atoms. The third-order valence-corrected chi connectivity index (χ3v) is 6.71. The third kappa shape index (κ3) is 3.28. The summed E-state index contributed by atoms with van der Waals surface area (Å²) in [5.41, 5.74) is -0.609. The molecule has 1 amide bonds. The van der Waals surface area contributed by atoms with Crippen LogP contribution in [0.25, 0.3) is 0 Å². The highest BCUT2D eigenvalue weighted by Crippen LogP contribution is 2.32. The second-order valence-corrected chi connectivity index (χ2v) is 8.83. The van der Waals surface area contributed by atoms with E-state index in [0.717, 1.165) is 4.47 Å². The maximum Gasteiger partial charge on any atom is 0.243 e. The molecule has 0 radical (unpaired) electrons. The summed E-state index contributed by atoms with van der Waals surface area (Å²) >= 11 is 8.84. The molecule has 2 saturated heterocycles. The SMILES string of the molecule is O=C(CCl)N1CC2(C1)CN(S(=O)(=O)c1ccc(Br)cc1)CCO2. The van der Waals surface area contributed by atoms with Crippen LogP contribution in [0.2, 0.25) is 0 Å². The Bertz CT molecular complexity index is 704. The third-order valence-electron chi connectivity index (χ3n) is 4.09. The standard InChI is InChI=1S/C14H16BrClN2O4S/c15-11-1-3-12(4-2-11)23(20,21)18-5-6-22-14(10-18)8-17(9-14)13(19)7-16/h1-4H,5-10H2. The van der Waals surface area contributed by atoms with E-state index >= 15 is 0 Å². The van der Waals surface area contributed by atoms with Crippen molar-refractivity contribution in [1.82, 2.24) is 9.21 Å². The minimum Gasteiger partial charge on any atom is -0.369 e. The number of likely N-dealkylation sites (tertiary alicyclic amines) is 1. The molecule has 0 saturated carbocycles. The first-order valence-corrected chi connectivity index (χ1v) is 9.86. The number of rotatable bonds is 3. The van der Waals surface area contributed by atoms with Crippen LogP contribution in [0, 0.1) is 0 Å². The zero-order valence-electron chi connectivity index (χ0n) is 12.2. The summed E-state index contributed by atoms with van der Waals surface area (Å²) in [5, 5.41) is 0. The van der Waals surface area contributed by atoms with Crippen LogP contribution in [0.5, 0.6) is 0 Å². The topological polar surface area (TPSA) is 66.9 Å². The van der Waals surface area contributed by atoms with E-state index in [9.17, 15) is 13.2 Å². The number of nitrogens with zero attached hydrogens (tertiary/aromatic N) is 2. The Morgan fingerprint density at radius 3 is 2.52 bits per heavy atom. The molecule has 9 heteroatoms. The minimum absolute atomic E-state index is 0.0724. The minimum atomic E-state index is -3.57. The van der Waals surface area contributed by atoms with Crippen LogP contribution in [0.15, 0.2) is 33.6 Å². The van der Waals surface area contributed by atoms with Crippen LogP contribution in [-0.4, -0.2) is 67.8 Å². The van der Waals surface area contributed by atoms with Crippen LogP contribution in [0.4, 0.5) is 0 Å². The average molecular weight is 424 g/mol. The summed E-state index contributed by atoms with van der Waals surface area (Å²) in [6.45, 7) is 1.63. The largest absolute Gasteiger partial charge is 0.369 e. The zero-order chi connectivity index (χ0) is 16.7. The molecule has 0 N–H and O–H groups in total. The molecule has 0 aliphatic carbocycles. The van der Waals surface area contributed by atoms with Crippen LogP contribution in [0.3, 0.4) is 0 Å². The van der Waals surface area contributed by atoms with Crippen molar-refractivity contribution in [2.45, 2.75) is 10.5 Å². The predicted octanol–water partition coefficient (Wildman–Crippen LogP) is 1.29. The molecule has 126 valence electrons. The fourth-order valence-corrected chi connectivity index (χ4v) is 4.80. The number of morpholine rings is 1. The first-order chi connectivity index (χ1) is 10.9. The second kappa shape index (κ2) is 6.33. The summed E-state index contributed by atoms with van der Waals surface area (Å²) in [6.07, 6.45) is 0. The number of hydrogen-bond acceptors (Lipinski definition) is 4. The van der Waals surface area contributed by atoms with Crippen LogP contribution < -0.4 is 0 Å². The molecule has 1 aromatic rings. The number of hydrogen-bond donors (Lipinski definition) is 0. The number of alkyl halides is 1. The van der Waals surface area contributed by atoms with Gasteiger partial charge in [-0.25, -0.2) is 8.42 Å². The van der Waals surface area contributed by atoms with E-state index in [0.29, 0.717) is 26.2 Å². The van der Waals surface area contributed by atoms with Gasteiger partial charge in [0, 0.05) is 17.6 Å².